The zero-order valence-corrected chi connectivity index (χ0v) is 43.8. The van der Waals surface area contributed by atoms with Gasteiger partial charge in [-0.05, 0) is 77.0 Å². The number of unbranched alkanes of at least 4 members (excludes halogenated alkanes) is 27. The van der Waals surface area contributed by atoms with Crippen LogP contribution in [0.25, 0.3) is 0 Å². The Labute approximate surface area is 419 Å². The number of hydrogen-bond donors (Lipinski definition) is 3. The van der Waals surface area contributed by atoms with Gasteiger partial charge >= 0.3 is 23.9 Å². The fraction of sp³-hybridized carbons (Fsp3) is 0.825. The minimum Gasteiger partial charge on any atom is -0.479 e. The predicted molar refractivity (Wildman–Crippen MR) is 276 cm³/mol. The molecule has 0 amide bonds. The standard InChI is InChI=1S/C57H100O12/c1-4-7-10-13-16-19-21-23-24-25-26-28-29-32-34-37-40-43-49(58)65-46-48(67-50(59)44-41-38-36-33-30-27-22-20-17-14-11-8-5-2)47-66-57-55(53(62)52(61)54(69-57)56(63)64)68-51(60)45-42-39-35-31-18-15-12-9-6-3/h16,19-20,22-24,48,52-55,57,61-62H,4-15,17-18,21,25-47H2,1-3H3,(H,63,64)/b19-16-,22-20-,24-23-. The van der Waals surface area contributed by atoms with Crippen molar-refractivity contribution in [3.63, 3.8) is 0 Å². The van der Waals surface area contributed by atoms with Crippen molar-refractivity contribution < 1.29 is 58.2 Å². The highest BCUT2D eigenvalue weighted by Gasteiger charge is 2.50. The Bertz CT molecular complexity index is 1350. The van der Waals surface area contributed by atoms with Crippen LogP contribution in [0.4, 0.5) is 0 Å². The Hall–Kier alpha value is -3.06. The second-order valence-electron chi connectivity index (χ2n) is 19.2. The molecule has 0 aliphatic carbocycles. The highest BCUT2D eigenvalue weighted by molar-refractivity contribution is 5.74. The van der Waals surface area contributed by atoms with E-state index in [1.165, 1.54) is 89.9 Å². The molecule has 3 N–H and O–H groups in total. The van der Waals surface area contributed by atoms with Gasteiger partial charge in [-0.25, -0.2) is 4.79 Å². The Morgan fingerprint density at radius 3 is 1.36 bits per heavy atom. The summed E-state index contributed by atoms with van der Waals surface area (Å²) in [6.07, 6.45) is 39.9. The van der Waals surface area contributed by atoms with Crippen molar-refractivity contribution in [2.24, 2.45) is 0 Å². The van der Waals surface area contributed by atoms with Crippen molar-refractivity contribution in [3.8, 4) is 0 Å². The number of hydrogen-bond acceptors (Lipinski definition) is 11. The maximum absolute atomic E-state index is 13.1. The molecule has 1 saturated heterocycles. The number of rotatable bonds is 47. The van der Waals surface area contributed by atoms with E-state index in [9.17, 15) is 34.5 Å². The molecule has 12 heteroatoms. The molecule has 6 atom stereocenters. The molecule has 1 aliphatic heterocycles. The molecule has 12 nitrogen and oxygen atoms in total. The molecular formula is C57H100O12. The van der Waals surface area contributed by atoms with E-state index in [1.807, 2.05) is 0 Å². The van der Waals surface area contributed by atoms with Gasteiger partial charge in [0.05, 0.1) is 6.61 Å². The minimum absolute atomic E-state index is 0.0617. The molecule has 400 valence electrons. The molecule has 1 fully saturated rings. The smallest absolute Gasteiger partial charge is 0.335 e. The lowest BCUT2D eigenvalue weighted by atomic mass is 9.98. The first-order chi connectivity index (χ1) is 33.6. The van der Waals surface area contributed by atoms with Crippen LogP contribution < -0.4 is 0 Å². The monoisotopic (exact) mass is 977 g/mol. The zero-order chi connectivity index (χ0) is 50.4. The summed E-state index contributed by atoms with van der Waals surface area (Å²) in [5.41, 5.74) is 0. The van der Waals surface area contributed by atoms with Crippen LogP contribution in [0.2, 0.25) is 0 Å². The lowest BCUT2D eigenvalue weighted by Crippen LogP contribution is -2.61. The number of esters is 3. The minimum atomic E-state index is -1.90. The second kappa shape index (κ2) is 46.0. The zero-order valence-electron chi connectivity index (χ0n) is 43.8. The summed E-state index contributed by atoms with van der Waals surface area (Å²) < 4.78 is 28.3. The van der Waals surface area contributed by atoms with Gasteiger partial charge in [0.25, 0.3) is 0 Å². The number of carbonyl (C=O) groups excluding carboxylic acids is 3. The first-order valence-corrected chi connectivity index (χ1v) is 28.0. The SMILES string of the molecule is CCCCC/C=C\C/C=C\CCCCCCCCCC(=O)OCC(COC1OC(C(=O)O)C(O)C(O)C1OC(=O)CCCCCCCCCCC)OC(=O)CCCCCCC/C=C\CCCCCC. The predicted octanol–water partition coefficient (Wildman–Crippen LogP) is 13.7. The van der Waals surface area contributed by atoms with Crippen LogP contribution in [-0.2, 0) is 42.9 Å². The van der Waals surface area contributed by atoms with Crippen LogP contribution in [0, 0.1) is 0 Å². The van der Waals surface area contributed by atoms with Crippen molar-refractivity contribution in [2.75, 3.05) is 13.2 Å². The normalized spacial score (nSPS) is 18.9. The third-order valence-corrected chi connectivity index (χ3v) is 12.7. The lowest BCUT2D eigenvalue weighted by Gasteiger charge is -2.40. The maximum atomic E-state index is 13.1. The van der Waals surface area contributed by atoms with E-state index in [0.717, 1.165) is 103 Å². The Kier molecular flexibility index (Phi) is 42.7. The van der Waals surface area contributed by atoms with Gasteiger partial charge in [0.15, 0.2) is 24.6 Å². The average molecular weight is 977 g/mol. The van der Waals surface area contributed by atoms with E-state index in [2.05, 4.69) is 57.2 Å². The van der Waals surface area contributed by atoms with Gasteiger partial charge in [-0.2, -0.15) is 0 Å². The van der Waals surface area contributed by atoms with Gasteiger partial charge in [0.1, 0.15) is 18.8 Å². The summed E-state index contributed by atoms with van der Waals surface area (Å²) in [4.78, 5) is 50.9. The van der Waals surface area contributed by atoms with E-state index in [4.69, 9.17) is 23.7 Å². The number of aliphatic hydroxyl groups is 2. The molecule has 0 saturated carbocycles. The van der Waals surface area contributed by atoms with Gasteiger partial charge in [0, 0.05) is 19.3 Å². The van der Waals surface area contributed by atoms with E-state index in [1.54, 1.807) is 0 Å². The number of carbonyl (C=O) groups is 4. The van der Waals surface area contributed by atoms with Crippen LogP contribution >= 0.6 is 0 Å². The van der Waals surface area contributed by atoms with Crippen LogP contribution in [0.5, 0.6) is 0 Å². The molecule has 0 spiro atoms. The van der Waals surface area contributed by atoms with Crippen LogP contribution in [0.3, 0.4) is 0 Å². The fourth-order valence-corrected chi connectivity index (χ4v) is 8.33. The molecule has 1 aliphatic rings. The highest BCUT2D eigenvalue weighted by atomic mass is 16.7. The summed E-state index contributed by atoms with van der Waals surface area (Å²) in [5.74, 6) is -3.13. The summed E-state index contributed by atoms with van der Waals surface area (Å²) >= 11 is 0. The molecule has 0 aromatic heterocycles. The molecule has 69 heavy (non-hydrogen) atoms. The number of aliphatic hydroxyl groups excluding tert-OH is 2. The summed E-state index contributed by atoms with van der Waals surface area (Å²) in [6.45, 7) is 5.90. The van der Waals surface area contributed by atoms with Crippen LogP contribution in [0.1, 0.15) is 252 Å². The van der Waals surface area contributed by atoms with E-state index >= 15 is 0 Å². The highest BCUT2D eigenvalue weighted by Crippen LogP contribution is 2.26. The van der Waals surface area contributed by atoms with Crippen LogP contribution in [0.15, 0.2) is 36.5 Å². The quantitative estimate of drug-likeness (QED) is 0.0228. The topological polar surface area (TPSA) is 175 Å². The number of carboxylic acid groups (broad SMARTS) is 1. The molecule has 6 unspecified atom stereocenters. The van der Waals surface area contributed by atoms with Crippen molar-refractivity contribution in [1.29, 1.82) is 0 Å². The van der Waals surface area contributed by atoms with E-state index in [0.29, 0.717) is 19.3 Å². The number of aliphatic carboxylic acids is 1. The van der Waals surface area contributed by atoms with Crippen molar-refractivity contribution in [3.05, 3.63) is 36.5 Å². The summed E-state index contributed by atoms with van der Waals surface area (Å²) in [5, 5.41) is 31.3. The average Bonchev–Trinajstić information content (AvgIpc) is 3.33. The van der Waals surface area contributed by atoms with E-state index < -0.39 is 67.3 Å². The van der Waals surface area contributed by atoms with E-state index in [-0.39, 0.29) is 25.9 Å². The molecule has 1 rings (SSSR count). The molecule has 0 radical (unpaired) electrons. The molecular weight excluding hydrogens is 877 g/mol. The molecule has 0 bridgehead atoms. The Balaban J connectivity index is 2.69. The first-order valence-electron chi connectivity index (χ1n) is 28.0. The lowest BCUT2D eigenvalue weighted by molar-refractivity contribution is -0.301. The van der Waals surface area contributed by atoms with Crippen molar-refractivity contribution in [2.45, 2.75) is 289 Å². The largest absolute Gasteiger partial charge is 0.479 e. The summed E-state index contributed by atoms with van der Waals surface area (Å²) in [7, 11) is 0. The third kappa shape index (κ3) is 36.5. The molecule has 0 aromatic carbocycles. The third-order valence-electron chi connectivity index (χ3n) is 12.7. The summed E-state index contributed by atoms with van der Waals surface area (Å²) in [6, 6.07) is 0. The van der Waals surface area contributed by atoms with Crippen LogP contribution in [-0.4, -0.2) is 89.2 Å². The van der Waals surface area contributed by atoms with Crippen molar-refractivity contribution >= 4 is 23.9 Å². The van der Waals surface area contributed by atoms with Gasteiger partial charge in [-0.3, -0.25) is 14.4 Å². The Morgan fingerprint density at radius 1 is 0.478 bits per heavy atom. The maximum Gasteiger partial charge on any atom is 0.335 e. The Morgan fingerprint density at radius 2 is 0.870 bits per heavy atom. The van der Waals surface area contributed by atoms with Gasteiger partial charge in [0.2, 0.25) is 0 Å². The number of ether oxygens (including phenoxy) is 5. The van der Waals surface area contributed by atoms with Gasteiger partial charge in [-0.15, -0.1) is 0 Å². The molecule has 0 aromatic rings. The van der Waals surface area contributed by atoms with Crippen molar-refractivity contribution in [1.82, 2.24) is 0 Å². The molecule has 1 heterocycles. The number of allylic oxidation sites excluding steroid dienone is 6. The first kappa shape index (κ1) is 64.0. The fourth-order valence-electron chi connectivity index (χ4n) is 8.33. The second-order valence-corrected chi connectivity index (χ2v) is 19.2. The van der Waals surface area contributed by atoms with Gasteiger partial charge in [-0.1, -0.05) is 192 Å². The number of carboxylic acids is 1. The van der Waals surface area contributed by atoms with Gasteiger partial charge < -0.3 is 39.0 Å².